The van der Waals surface area contributed by atoms with Crippen LogP contribution >= 0.6 is 11.8 Å². The fourth-order valence-electron chi connectivity index (χ4n) is 1.67. The van der Waals surface area contributed by atoms with Crippen LogP contribution in [0.4, 0.5) is 0 Å². The summed E-state index contributed by atoms with van der Waals surface area (Å²) in [7, 11) is 1.72. The number of aromatic nitrogens is 2. The lowest BCUT2D eigenvalue weighted by Crippen LogP contribution is -2.16. The molecule has 2 unspecified atom stereocenters. The second kappa shape index (κ2) is 4.96. The molecule has 1 aromatic rings. The van der Waals surface area contributed by atoms with E-state index in [1.807, 2.05) is 6.26 Å². The van der Waals surface area contributed by atoms with Gasteiger partial charge in [0.1, 0.15) is 0 Å². The molecule has 0 spiro atoms. The van der Waals surface area contributed by atoms with Gasteiger partial charge in [0.15, 0.2) is 5.82 Å². The summed E-state index contributed by atoms with van der Waals surface area (Å²) < 4.78 is 10.5. The molecule has 84 valence electrons. The van der Waals surface area contributed by atoms with Crippen LogP contribution in [-0.4, -0.2) is 36.2 Å². The van der Waals surface area contributed by atoms with Gasteiger partial charge in [0.25, 0.3) is 0 Å². The second-order valence-electron chi connectivity index (χ2n) is 3.54. The fourth-order valence-corrected chi connectivity index (χ4v) is 2.04. The molecule has 1 aromatic heterocycles. The van der Waals surface area contributed by atoms with Crippen molar-refractivity contribution >= 4 is 11.8 Å². The Morgan fingerprint density at radius 3 is 3.20 bits per heavy atom. The molecule has 2 atom stereocenters. The molecule has 2 rings (SSSR count). The van der Waals surface area contributed by atoms with Crippen LogP contribution in [0.5, 0.6) is 0 Å². The lowest BCUT2D eigenvalue weighted by Gasteiger charge is -2.04. The van der Waals surface area contributed by atoms with Crippen LogP contribution in [0.1, 0.15) is 24.2 Å². The fraction of sp³-hybridized carbons (Fsp3) is 0.778. The zero-order valence-corrected chi connectivity index (χ0v) is 9.71. The van der Waals surface area contributed by atoms with Gasteiger partial charge < -0.3 is 14.6 Å². The average molecular weight is 229 g/mol. The van der Waals surface area contributed by atoms with Gasteiger partial charge in [-0.05, 0) is 12.7 Å². The molecule has 6 heteroatoms. The van der Waals surface area contributed by atoms with Crippen molar-refractivity contribution in [3.05, 3.63) is 11.7 Å². The number of rotatable bonds is 4. The monoisotopic (exact) mass is 229 g/mol. The van der Waals surface area contributed by atoms with E-state index in [0.29, 0.717) is 5.89 Å². The minimum absolute atomic E-state index is 0.151. The molecular formula is C9H15N3O2S. The molecule has 5 nitrogen and oxygen atoms in total. The van der Waals surface area contributed by atoms with Crippen LogP contribution in [0.3, 0.4) is 0 Å². The van der Waals surface area contributed by atoms with Crippen molar-refractivity contribution in [1.29, 1.82) is 0 Å². The zero-order valence-electron chi connectivity index (χ0n) is 8.90. The van der Waals surface area contributed by atoms with Gasteiger partial charge in [-0.2, -0.15) is 16.7 Å². The van der Waals surface area contributed by atoms with Crippen molar-refractivity contribution in [1.82, 2.24) is 15.5 Å². The van der Waals surface area contributed by atoms with Crippen molar-refractivity contribution in [3.8, 4) is 0 Å². The Labute approximate surface area is 93.0 Å². The van der Waals surface area contributed by atoms with Gasteiger partial charge in [0.05, 0.1) is 17.9 Å². The Hall–Kier alpha value is -0.590. The highest BCUT2D eigenvalue weighted by Gasteiger charge is 2.29. The molecule has 0 amide bonds. The van der Waals surface area contributed by atoms with Crippen LogP contribution < -0.4 is 5.32 Å². The predicted octanol–water partition coefficient (Wildman–Crippen LogP) is 0.982. The van der Waals surface area contributed by atoms with Crippen molar-refractivity contribution < 1.29 is 9.26 Å². The first-order valence-electron chi connectivity index (χ1n) is 4.91. The first kappa shape index (κ1) is 10.9. The average Bonchev–Trinajstić information content (AvgIpc) is 2.85. The summed E-state index contributed by atoms with van der Waals surface area (Å²) in [5.74, 6) is 2.24. The number of thioether (sulfide) groups is 1. The van der Waals surface area contributed by atoms with E-state index in [2.05, 4.69) is 15.5 Å². The van der Waals surface area contributed by atoms with Crippen LogP contribution in [0.15, 0.2) is 4.52 Å². The van der Waals surface area contributed by atoms with Crippen LogP contribution in [0.2, 0.25) is 0 Å². The summed E-state index contributed by atoms with van der Waals surface area (Å²) in [6.45, 7) is 0.849. The summed E-state index contributed by atoms with van der Waals surface area (Å²) in [6, 6.07) is 0.151. The van der Waals surface area contributed by atoms with Crippen molar-refractivity contribution in [3.63, 3.8) is 0 Å². The number of hydrogen-bond donors (Lipinski definition) is 1. The van der Waals surface area contributed by atoms with Gasteiger partial charge >= 0.3 is 0 Å². The lowest BCUT2D eigenvalue weighted by atomic mass is 10.2. The predicted molar refractivity (Wildman–Crippen MR) is 57.7 cm³/mol. The maximum atomic E-state index is 5.26. The third-order valence-electron chi connectivity index (χ3n) is 2.48. The summed E-state index contributed by atoms with van der Waals surface area (Å²) in [5.41, 5.74) is 0. The van der Waals surface area contributed by atoms with Gasteiger partial charge in [0, 0.05) is 13.7 Å². The molecule has 15 heavy (non-hydrogen) atoms. The highest BCUT2D eigenvalue weighted by Crippen LogP contribution is 2.23. The van der Waals surface area contributed by atoms with Gasteiger partial charge in [-0.25, -0.2) is 0 Å². The standard InChI is InChI=1S/C9H15N3O2S/c1-13-6-3-7(10-4-6)9-11-8(5-15-2)12-14-9/h6-7,10H,3-5H2,1-2H3. The van der Waals surface area contributed by atoms with Gasteiger partial charge in [-0.3, -0.25) is 0 Å². The van der Waals surface area contributed by atoms with Gasteiger partial charge in [0.2, 0.25) is 5.89 Å². The quantitative estimate of drug-likeness (QED) is 0.830. The van der Waals surface area contributed by atoms with Crippen molar-refractivity contribution in [2.45, 2.75) is 24.3 Å². The SMILES string of the molecule is COC1CNC(c2nc(CSC)no2)C1. The number of nitrogens with zero attached hydrogens (tertiary/aromatic N) is 2. The second-order valence-corrected chi connectivity index (χ2v) is 4.40. The third-order valence-corrected chi connectivity index (χ3v) is 3.03. The van der Waals surface area contributed by atoms with Crippen LogP contribution in [0, 0.1) is 0 Å². The summed E-state index contributed by atoms with van der Waals surface area (Å²) in [6.07, 6.45) is 3.17. The van der Waals surface area contributed by atoms with E-state index in [1.165, 1.54) is 0 Å². The van der Waals surface area contributed by atoms with E-state index in [0.717, 1.165) is 24.5 Å². The summed E-state index contributed by atoms with van der Waals surface area (Å²) >= 11 is 1.69. The molecule has 1 saturated heterocycles. The normalized spacial score (nSPS) is 26.0. The van der Waals surface area contributed by atoms with E-state index in [4.69, 9.17) is 9.26 Å². The van der Waals surface area contributed by atoms with Crippen LogP contribution in [0.25, 0.3) is 0 Å². The first-order valence-corrected chi connectivity index (χ1v) is 6.30. The lowest BCUT2D eigenvalue weighted by molar-refractivity contribution is 0.116. The van der Waals surface area contributed by atoms with E-state index in [9.17, 15) is 0 Å². The minimum Gasteiger partial charge on any atom is -0.380 e. The molecule has 1 N–H and O–H groups in total. The number of nitrogens with one attached hydrogen (secondary N) is 1. The van der Waals surface area contributed by atoms with Crippen LogP contribution in [-0.2, 0) is 10.5 Å². The molecule has 0 aliphatic carbocycles. The van der Waals surface area contributed by atoms with E-state index < -0.39 is 0 Å². The Kier molecular flexibility index (Phi) is 3.61. The minimum atomic E-state index is 0.151. The van der Waals surface area contributed by atoms with Crippen molar-refractivity contribution in [2.75, 3.05) is 19.9 Å². The number of hydrogen-bond acceptors (Lipinski definition) is 6. The Morgan fingerprint density at radius 2 is 2.53 bits per heavy atom. The molecule has 0 saturated carbocycles. The van der Waals surface area contributed by atoms with E-state index >= 15 is 0 Å². The topological polar surface area (TPSA) is 60.2 Å². The molecule has 0 aromatic carbocycles. The molecule has 1 aliphatic heterocycles. The highest BCUT2D eigenvalue weighted by atomic mass is 32.2. The third kappa shape index (κ3) is 2.50. The molecule has 1 aliphatic rings. The van der Waals surface area contributed by atoms with Crippen molar-refractivity contribution in [2.24, 2.45) is 0 Å². The maximum absolute atomic E-state index is 5.26. The maximum Gasteiger partial charge on any atom is 0.243 e. The number of ether oxygens (including phenoxy) is 1. The Bertz CT molecular complexity index is 318. The molecule has 1 fully saturated rings. The molecule has 0 bridgehead atoms. The van der Waals surface area contributed by atoms with Gasteiger partial charge in [-0.15, -0.1) is 0 Å². The number of methoxy groups -OCH3 is 1. The van der Waals surface area contributed by atoms with E-state index in [1.54, 1.807) is 18.9 Å². The summed E-state index contributed by atoms with van der Waals surface area (Å²) in [4.78, 5) is 4.33. The molecule has 2 heterocycles. The largest absolute Gasteiger partial charge is 0.380 e. The first-order chi connectivity index (χ1) is 7.33. The Balaban J connectivity index is 1.97. The van der Waals surface area contributed by atoms with Gasteiger partial charge in [-0.1, -0.05) is 5.16 Å². The molecular weight excluding hydrogens is 214 g/mol. The zero-order chi connectivity index (χ0) is 10.7. The molecule has 0 radical (unpaired) electrons. The van der Waals surface area contributed by atoms with E-state index in [-0.39, 0.29) is 12.1 Å². The Morgan fingerprint density at radius 1 is 1.67 bits per heavy atom. The smallest absolute Gasteiger partial charge is 0.243 e. The highest BCUT2D eigenvalue weighted by molar-refractivity contribution is 7.97. The summed E-state index contributed by atoms with van der Waals surface area (Å²) in [5, 5.41) is 7.21.